The summed E-state index contributed by atoms with van der Waals surface area (Å²) < 4.78 is 37.6. The van der Waals surface area contributed by atoms with Gasteiger partial charge in [-0.3, -0.25) is 4.79 Å². The Labute approximate surface area is 130 Å². The molecule has 2 rings (SSSR count). The molecule has 0 spiro atoms. The fourth-order valence-corrected chi connectivity index (χ4v) is 2.15. The Morgan fingerprint density at radius 2 is 2.17 bits per heavy atom. The molecule has 1 aromatic rings. The van der Waals surface area contributed by atoms with Crippen molar-refractivity contribution in [2.24, 2.45) is 5.92 Å². The van der Waals surface area contributed by atoms with Crippen LogP contribution in [0.2, 0.25) is 0 Å². The number of rotatable bonds is 5. The van der Waals surface area contributed by atoms with E-state index in [9.17, 15) is 27.9 Å². The lowest BCUT2D eigenvalue weighted by Gasteiger charge is -2.21. The molecule has 0 saturated heterocycles. The molecule has 1 saturated carbocycles. The van der Waals surface area contributed by atoms with Crippen LogP contribution in [0.1, 0.15) is 12.8 Å². The average Bonchev–Trinajstić information content (AvgIpc) is 3.26. The van der Waals surface area contributed by atoms with Gasteiger partial charge in [0.1, 0.15) is 12.2 Å². The summed E-state index contributed by atoms with van der Waals surface area (Å²) >= 11 is 0. The number of amides is 2. The number of urea groups is 1. The highest BCUT2D eigenvalue weighted by Crippen LogP contribution is 2.32. The second-order valence-electron chi connectivity index (χ2n) is 5.69. The third-order valence-electron chi connectivity index (χ3n) is 3.59. The summed E-state index contributed by atoms with van der Waals surface area (Å²) in [5, 5.41) is 12.1. The third kappa shape index (κ3) is 4.98. The molecule has 1 aliphatic carbocycles. The zero-order valence-electron chi connectivity index (χ0n) is 12.5. The van der Waals surface area contributed by atoms with Gasteiger partial charge in [0.25, 0.3) is 5.56 Å². The number of pyridine rings is 1. The minimum absolute atomic E-state index is 0.0973. The van der Waals surface area contributed by atoms with Crippen molar-refractivity contribution in [2.45, 2.75) is 31.7 Å². The first-order valence-electron chi connectivity index (χ1n) is 7.14. The summed E-state index contributed by atoms with van der Waals surface area (Å²) in [6.45, 7) is -1.33. The SMILES string of the molecule is CN(CC(O)C1CC1)C(=O)Nc1cccn(CC(F)(F)F)c1=O. The van der Waals surface area contributed by atoms with Crippen molar-refractivity contribution < 1.29 is 23.1 Å². The van der Waals surface area contributed by atoms with E-state index in [1.807, 2.05) is 0 Å². The molecule has 1 fully saturated rings. The van der Waals surface area contributed by atoms with Crippen molar-refractivity contribution in [3.05, 3.63) is 28.7 Å². The second-order valence-corrected chi connectivity index (χ2v) is 5.69. The van der Waals surface area contributed by atoms with Crippen molar-refractivity contribution in [1.29, 1.82) is 0 Å². The van der Waals surface area contributed by atoms with Gasteiger partial charge in [0.05, 0.1) is 6.10 Å². The molecule has 0 aliphatic heterocycles. The lowest BCUT2D eigenvalue weighted by Crippen LogP contribution is -2.39. The highest BCUT2D eigenvalue weighted by atomic mass is 19.4. The highest BCUT2D eigenvalue weighted by Gasteiger charge is 2.31. The molecular weight excluding hydrogens is 315 g/mol. The lowest BCUT2D eigenvalue weighted by atomic mass is 10.2. The molecule has 1 aromatic heterocycles. The van der Waals surface area contributed by atoms with Crippen LogP contribution in [0.5, 0.6) is 0 Å². The van der Waals surface area contributed by atoms with E-state index in [-0.39, 0.29) is 18.2 Å². The molecule has 1 aliphatic rings. The molecule has 23 heavy (non-hydrogen) atoms. The van der Waals surface area contributed by atoms with Gasteiger partial charge in [-0.25, -0.2) is 4.79 Å². The first-order chi connectivity index (χ1) is 10.7. The summed E-state index contributed by atoms with van der Waals surface area (Å²) in [5.41, 5.74) is -1.18. The largest absolute Gasteiger partial charge is 0.406 e. The Bertz CT molecular complexity index is 626. The van der Waals surface area contributed by atoms with Gasteiger partial charge in [0.2, 0.25) is 0 Å². The van der Waals surface area contributed by atoms with Gasteiger partial charge in [-0.15, -0.1) is 0 Å². The zero-order valence-corrected chi connectivity index (χ0v) is 12.5. The van der Waals surface area contributed by atoms with Gasteiger partial charge in [0, 0.05) is 19.8 Å². The molecule has 1 unspecified atom stereocenters. The summed E-state index contributed by atoms with van der Waals surface area (Å²) in [6.07, 6.45) is -2.33. The van der Waals surface area contributed by atoms with Crippen LogP contribution in [0.3, 0.4) is 0 Å². The second kappa shape index (κ2) is 6.61. The number of halogens is 3. The van der Waals surface area contributed by atoms with E-state index in [2.05, 4.69) is 5.32 Å². The van der Waals surface area contributed by atoms with Crippen molar-refractivity contribution in [1.82, 2.24) is 9.47 Å². The van der Waals surface area contributed by atoms with Crippen LogP contribution in [-0.4, -0.2) is 46.5 Å². The number of hydrogen-bond donors (Lipinski definition) is 2. The van der Waals surface area contributed by atoms with Crippen LogP contribution >= 0.6 is 0 Å². The van der Waals surface area contributed by atoms with Gasteiger partial charge in [0.15, 0.2) is 0 Å². The predicted molar refractivity (Wildman–Crippen MR) is 77.1 cm³/mol. The minimum Gasteiger partial charge on any atom is -0.391 e. The van der Waals surface area contributed by atoms with Crippen LogP contribution in [0, 0.1) is 5.92 Å². The molecule has 6 nitrogen and oxygen atoms in total. The molecule has 0 aromatic carbocycles. The van der Waals surface area contributed by atoms with Gasteiger partial charge in [-0.2, -0.15) is 13.2 Å². The Kier molecular flexibility index (Phi) is 4.98. The summed E-state index contributed by atoms with van der Waals surface area (Å²) in [7, 11) is 1.44. The van der Waals surface area contributed by atoms with E-state index in [0.29, 0.717) is 4.57 Å². The Hall–Kier alpha value is -2.03. The number of aliphatic hydroxyl groups is 1. The quantitative estimate of drug-likeness (QED) is 0.860. The molecule has 9 heteroatoms. The molecule has 0 bridgehead atoms. The Morgan fingerprint density at radius 1 is 1.52 bits per heavy atom. The number of aliphatic hydroxyl groups excluding tert-OH is 1. The van der Waals surface area contributed by atoms with Crippen LogP contribution < -0.4 is 10.9 Å². The zero-order chi connectivity index (χ0) is 17.2. The van der Waals surface area contributed by atoms with Crippen molar-refractivity contribution in [3.8, 4) is 0 Å². The fourth-order valence-electron chi connectivity index (χ4n) is 2.15. The maximum Gasteiger partial charge on any atom is 0.406 e. The highest BCUT2D eigenvalue weighted by molar-refractivity contribution is 5.88. The number of aromatic nitrogens is 1. The van der Waals surface area contributed by atoms with E-state index < -0.39 is 30.4 Å². The maximum atomic E-state index is 12.4. The van der Waals surface area contributed by atoms with Crippen LogP contribution in [0.25, 0.3) is 0 Å². The van der Waals surface area contributed by atoms with Crippen molar-refractivity contribution >= 4 is 11.7 Å². The first-order valence-corrected chi connectivity index (χ1v) is 7.14. The monoisotopic (exact) mass is 333 g/mol. The number of carbonyl (C=O) groups excluding carboxylic acids is 1. The summed E-state index contributed by atoms with van der Waals surface area (Å²) in [4.78, 5) is 25.1. The van der Waals surface area contributed by atoms with Gasteiger partial charge in [-0.1, -0.05) is 0 Å². The number of alkyl halides is 3. The van der Waals surface area contributed by atoms with Crippen molar-refractivity contribution in [2.75, 3.05) is 18.9 Å². The van der Waals surface area contributed by atoms with Crippen LogP contribution in [0.4, 0.5) is 23.7 Å². The Balaban J connectivity index is 2.02. The summed E-state index contributed by atoms with van der Waals surface area (Å²) in [6, 6.07) is 1.83. The molecule has 0 radical (unpaired) electrons. The van der Waals surface area contributed by atoms with Crippen molar-refractivity contribution in [3.63, 3.8) is 0 Å². The number of nitrogens with one attached hydrogen (secondary N) is 1. The van der Waals surface area contributed by atoms with E-state index in [4.69, 9.17) is 0 Å². The maximum absolute atomic E-state index is 12.4. The molecule has 2 amide bonds. The van der Waals surface area contributed by atoms with Gasteiger partial charge in [-0.05, 0) is 30.9 Å². The minimum atomic E-state index is -4.53. The molecule has 128 valence electrons. The number of likely N-dealkylation sites (N-methyl/N-ethyl adjacent to an activating group) is 1. The first kappa shape index (κ1) is 17.3. The standard InChI is InChI=1S/C14H18F3N3O3/c1-19(7-11(21)9-4-5-9)13(23)18-10-3-2-6-20(12(10)22)8-14(15,16)17/h2-3,6,9,11,21H,4-5,7-8H2,1H3,(H,18,23). The fraction of sp³-hybridized carbons (Fsp3) is 0.571. The van der Waals surface area contributed by atoms with Gasteiger partial charge < -0.3 is 19.9 Å². The molecule has 1 heterocycles. The molecular formula is C14H18F3N3O3. The molecule has 2 N–H and O–H groups in total. The lowest BCUT2D eigenvalue weighted by molar-refractivity contribution is -0.141. The number of carbonyl (C=O) groups is 1. The van der Waals surface area contributed by atoms with E-state index in [1.54, 1.807) is 0 Å². The predicted octanol–water partition coefficient (Wildman–Crippen LogP) is 1.65. The van der Waals surface area contributed by atoms with Crippen LogP contribution in [0.15, 0.2) is 23.1 Å². The number of anilines is 1. The third-order valence-corrected chi connectivity index (χ3v) is 3.59. The number of hydrogen-bond acceptors (Lipinski definition) is 3. The van der Waals surface area contributed by atoms with Gasteiger partial charge >= 0.3 is 12.2 Å². The average molecular weight is 333 g/mol. The van der Waals surface area contributed by atoms with E-state index in [0.717, 1.165) is 19.0 Å². The molecule has 1 atom stereocenters. The van der Waals surface area contributed by atoms with E-state index in [1.165, 1.54) is 24.1 Å². The topological polar surface area (TPSA) is 74.6 Å². The van der Waals surface area contributed by atoms with Crippen LogP contribution in [-0.2, 0) is 6.54 Å². The smallest absolute Gasteiger partial charge is 0.391 e. The van der Waals surface area contributed by atoms with E-state index >= 15 is 0 Å². The Morgan fingerprint density at radius 3 is 2.74 bits per heavy atom. The summed E-state index contributed by atoms with van der Waals surface area (Å²) in [5.74, 6) is 0.186. The number of nitrogens with zero attached hydrogens (tertiary/aromatic N) is 2. The normalized spacial score (nSPS) is 16.0.